The third-order valence-electron chi connectivity index (χ3n) is 6.19. The van der Waals surface area contributed by atoms with Crippen LogP contribution < -0.4 is 10.3 Å². The molecular formula is C23H33BrFNO4Si. The molecule has 0 saturated heterocycles. The summed E-state index contributed by atoms with van der Waals surface area (Å²) in [6, 6.07) is 3.14. The first-order valence-corrected chi connectivity index (χ1v) is 13.7. The van der Waals surface area contributed by atoms with Gasteiger partial charge in [0, 0.05) is 12.0 Å². The van der Waals surface area contributed by atoms with Gasteiger partial charge in [-0.25, -0.2) is 9.37 Å². The Bertz CT molecular complexity index is 891. The highest BCUT2D eigenvalue weighted by Crippen LogP contribution is 2.41. The lowest BCUT2D eigenvalue weighted by Crippen LogP contribution is -2.56. The molecule has 0 fully saturated rings. The van der Waals surface area contributed by atoms with Crippen molar-refractivity contribution in [2.45, 2.75) is 69.4 Å². The number of esters is 1. The predicted octanol–water partition coefficient (Wildman–Crippen LogP) is 5.91. The lowest BCUT2D eigenvalue weighted by molar-refractivity contribution is -0.139. The van der Waals surface area contributed by atoms with Crippen molar-refractivity contribution < 1.29 is 23.1 Å². The van der Waals surface area contributed by atoms with E-state index in [0.717, 1.165) is 5.51 Å². The monoisotopic (exact) mass is 513 g/mol. The minimum Gasteiger partial charge on any atom is -0.493 e. The maximum Gasteiger partial charge on any atom is 0.324 e. The summed E-state index contributed by atoms with van der Waals surface area (Å²) in [5.41, 5.74) is 3.30. The van der Waals surface area contributed by atoms with Gasteiger partial charge >= 0.3 is 5.97 Å². The summed E-state index contributed by atoms with van der Waals surface area (Å²) in [7, 11) is 0.641. The Morgan fingerprint density at radius 1 is 1.13 bits per heavy atom. The summed E-state index contributed by atoms with van der Waals surface area (Å²) in [5.74, 6) is -0.384. The third kappa shape index (κ3) is 4.90. The lowest BCUT2D eigenvalue weighted by Gasteiger charge is -2.39. The number of rotatable bonds is 9. The maximum absolute atomic E-state index is 14.7. The average Bonchev–Trinajstić information content (AvgIpc) is 3.14. The standard InChI is InChI=1S/C23H33BrFNO4Si/c1-13(2)31(14(3)4,15(5)6)23-26-12-17(30-23)9-16-10-18(20(24)22(27)29-8)21(28-7)19(25)11-16/h10-15,20H,9H2,1-8H3. The summed E-state index contributed by atoms with van der Waals surface area (Å²) < 4.78 is 31.0. The normalized spacial score (nSPS) is 13.2. The molecule has 0 aliphatic carbocycles. The second-order valence-electron chi connectivity index (χ2n) is 8.79. The Balaban J connectivity index is 2.46. The number of methoxy groups -OCH3 is 2. The van der Waals surface area contributed by atoms with Crippen LogP contribution in [0.25, 0.3) is 0 Å². The van der Waals surface area contributed by atoms with Gasteiger partial charge in [-0.2, -0.15) is 0 Å². The van der Waals surface area contributed by atoms with Crippen molar-refractivity contribution >= 4 is 35.5 Å². The Hall–Kier alpha value is -1.67. The topological polar surface area (TPSA) is 61.6 Å². The van der Waals surface area contributed by atoms with Crippen molar-refractivity contribution in [3.63, 3.8) is 0 Å². The molecule has 5 nitrogen and oxygen atoms in total. The first-order chi connectivity index (χ1) is 14.5. The van der Waals surface area contributed by atoms with Crippen LogP contribution in [0.4, 0.5) is 4.39 Å². The molecular weight excluding hydrogens is 481 g/mol. The van der Waals surface area contributed by atoms with Gasteiger partial charge in [-0.05, 0) is 34.3 Å². The van der Waals surface area contributed by atoms with Crippen molar-refractivity contribution in [1.82, 2.24) is 4.98 Å². The van der Waals surface area contributed by atoms with E-state index in [1.165, 1.54) is 20.3 Å². The largest absolute Gasteiger partial charge is 0.493 e. The van der Waals surface area contributed by atoms with Crippen molar-refractivity contribution in [2.24, 2.45) is 0 Å². The molecule has 2 rings (SSSR count). The number of nitrogens with zero attached hydrogens (tertiary/aromatic N) is 1. The van der Waals surface area contributed by atoms with Gasteiger partial charge in [0.2, 0.25) is 0 Å². The van der Waals surface area contributed by atoms with Crippen LogP contribution in [0.15, 0.2) is 22.7 Å². The molecule has 0 bridgehead atoms. The number of aromatic nitrogens is 1. The Morgan fingerprint density at radius 2 is 1.71 bits per heavy atom. The highest BCUT2D eigenvalue weighted by molar-refractivity contribution is 9.09. The number of hydrogen-bond donors (Lipinski definition) is 0. The highest BCUT2D eigenvalue weighted by Gasteiger charge is 2.48. The van der Waals surface area contributed by atoms with E-state index in [-0.39, 0.29) is 5.75 Å². The van der Waals surface area contributed by atoms with Gasteiger partial charge in [-0.3, -0.25) is 4.79 Å². The SMILES string of the molecule is COC(=O)C(Br)c1cc(Cc2cnc([Si](C(C)C)(C(C)C)C(C)C)o2)cc(F)c1OC. The van der Waals surface area contributed by atoms with Crippen molar-refractivity contribution in [3.05, 3.63) is 41.0 Å². The van der Waals surface area contributed by atoms with Crippen LogP contribution in [0.5, 0.6) is 5.75 Å². The first kappa shape index (κ1) is 25.6. The molecule has 8 heteroatoms. The number of halogens is 2. The van der Waals surface area contributed by atoms with E-state index < -0.39 is 24.7 Å². The molecule has 31 heavy (non-hydrogen) atoms. The summed E-state index contributed by atoms with van der Waals surface area (Å²) in [5, 5.41) is 0. The van der Waals surface area contributed by atoms with Gasteiger partial charge in [-0.1, -0.05) is 57.5 Å². The zero-order valence-electron chi connectivity index (χ0n) is 19.6. The molecule has 1 aromatic carbocycles. The van der Waals surface area contributed by atoms with E-state index in [1.54, 1.807) is 12.3 Å². The molecule has 1 aromatic heterocycles. The molecule has 2 aromatic rings. The zero-order valence-corrected chi connectivity index (χ0v) is 22.2. The van der Waals surface area contributed by atoms with Crippen LogP contribution in [0.2, 0.25) is 16.6 Å². The van der Waals surface area contributed by atoms with E-state index in [9.17, 15) is 9.18 Å². The van der Waals surface area contributed by atoms with Crippen molar-refractivity contribution in [2.75, 3.05) is 14.2 Å². The molecule has 1 heterocycles. The van der Waals surface area contributed by atoms with Crippen molar-refractivity contribution in [1.29, 1.82) is 0 Å². The van der Waals surface area contributed by atoms with Gasteiger partial charge in [0.05, 0.1) is 20.4 Å². The van der Waals surface area contributed by atoms with Crippen LogP contribution in [0.3, 0.4) is 0 Å². The Labute approximate surface area is 193 Å². The number of oxazole rings is 1. The van der Waals surface area contributed by atoms with Crippen LogP contribution in [0.1, 0.15) is 63.3 Å². The second-order valence-corrected chi connectivity index (χ2v) is 15.5. The minimum absolute atomic E-state index is 0.0140. The lowest BCUT2D eigenvalue weighted by atomic mass is 10.0. The summed E-state index contributed by atoms with van der Waals surface area (Å²) in [6.45, 7) is 13.5. The quantitative estimate of drug-likeness (QED) is 0.237. The van der Waals surface area contributed by atoms with Crippen LogP contribution in [-0.2, 0) is 16.0 Å². The fourth-order valence-electron chi connectivity index (χ4n) is 4.94. The highest BCUT2D eigenvalue weighted by atomic mass is 79.9. The van der Waals surface area contributed by atoms with Gasteiger partial charge < -0.3 is 13.9 Å². The van der Waals surface area contributed by atoms with E-state index in [2.05, 4.69) is 57.5 Å². The third-order valence-corrected chi connectivity index (χ3v) is 13.8. The second kappa shape index (κ2) is 10.3. The van der Waals surface area contributed by atoms with Crippen LogP contribution in [-0.4, -0.2) is 33.2 Å². The molecule has 0 aliphatic rings. The van der Waals surface area contributed by atoms with E-state index in [1.807, 2.05) is 0 Å². The Morgan fingerprint density at radius 3 is 2.19 bits per heavy atom. The number of ether oxygens (including phenoxy) is 2. The van der Waals surface area contributed by atoms with E-state index >= 15 is 0 Å². The molecule has 0 aliphatic heterocycles. The van der Waals surface area contributed by atoms with Crippen LogP contribution >= 0.6 is 15.9 Å². The fraction of sp³-hybridized carbons (Fsp3) is 0.565. The summed E-state index contributed by atoms with van der Waals surface area (Å²) in [4.78, 5) is 15.9. The smallest absolute Gasteiger partial charge is 0.324 e. The molecule has 1 unspecified atom stereocenters. The number of benzene rings is 1. The van der Waals surface area contributed by atoms with E-state index in [4.69, 9.17) is 18.9 Å². The number of alkyl halides is 1. The van der Waals surface area contributed by atoms with Crippen LogP contribution in [0, 0.1) is 5.82 Å². The number of carbonyl (C=O) groups is 1. The Kier molecular flexibility index (Phi) is 8.50. The summed E-state index contributed by atoms with van der Waals surface area (Å²) >= 11 is 3.28. The molecule has 0 radical (unpaired) electrons. The average molecular weight is 515 g/mol. The molecule has 1 atom stereocenters. The molecule has 0 N–H and O–H groups in total. The van der Waals surface area contributed by atoms with Gasteiger partial charge in [0.1, 0.15) is 10.6 Å². The zero-order chi connectivity index (χ0) is 23.5. The fourth-order valence-corrected chi connectivity index (χ4v) is 11.5. The molecule has 0 amide bonds. The van der Waals surface area contributed by atoms with Gasteiger partial charge in [0.15, 0.2) is 25.2 Å². The van der Waals surface area contributed by atoms with E-state index in [0.29, 0.717) is 39.9 Å². The predicted molar refractivity (Wildman–Crippen MR) is 127 cm³/mol. The van der Waals surface area contributed by atoms with Crippen molar-refractivity contribution in [3.8, 4) is 5.75 Å². The first-order valence-electron chi connectivity index (χ1n) is 10.5. The van der Waals surface area contributed by atoms with Gasteiger partial charge in [-0.15, -0.1) is 0 Å². The molecule has 172 valence electrons. The molecule has 0 saturated carbocycles. The summed E-state index contributed by atoms with van der Waals surface area (Å²) in [6.07, 6.45) is 2.11. The number of carbonyl (C=O) groups excluding carboxylic acids is 1. The van der Waals surface area contributed by atoms with Gasteiger partial charge in [0.25, 0.3) is 0 Å². The number of hydrogen-bond acceptors (Lipinski definition) is 5. The molecule has 0 spiro atoms. The maximum atomic E-state index is 14.7. The minimum atomic E-state index is -2.01.